The van der Waals surface area contributed by atoms with Crippen LogP contribution in [0.15, 0.2) is 54.9 Å². The van der Waals surface area contributed by atoms with Crippen molar-refractivity contribution >= 4 is 5.91 Å². The number of nitrogens with one attached hydrogen (secondary N) is 1. The van der Waals surface area contributed by atoms with Crippen LogP contribution in [0, 0.1) is 0 Å². The Morgan fingerprint density at radius 2 is 1.69 bits per heavy atom. The van der Waals surface area contributed by atoms with Gasteiger partial charge in [0.25, 0.3) is 0 Å². The van der Waals surface area contributed by atoms with Crippen molar-refractivity contribution in [2.75, 3.05) is 0 Å². The third kappa shape index (κ3) is 5.02. The molecule has 0 unspecified atom stereocenters. The number of H-pyrrole nitrogens is 1. The molecule has 0 saturated heterocycles. The highest BCUT2D eigenvalue weighted by Gasteiger charge is 2.05. The number of rotatable bonds is 9. The van der Waals surface area contributed by atoms with E-state index in [-0.39, 0.29) is 5.91 Å². The summed E-state index contributed by atoms with van der Waals surface area (Å²) >= 11 is 0. The number of nitrogens with zero attached hydrogens (tertiary/aromatic N) is 2. The van der Waals surface area contributed by atoms with E-state index < -0.39 is 0 Å². The molecule has 5 heteroatoms. The highest BCUT2D eigenvalue weighted by atomic mass is 16.1. The standard InChI is InChI=1S/C21H24N4O/c22-20(26)8-3-1-2-4-9-21-24-15-19(25-21)17-12-10-16(11-13-17)18-7-5-6-14-23-18/h5-7,10-15H,1-4,8-9H2,(H2,22,26)(H,24,25). The molecule has 0 bridgehead atoms. The molecule has 3 rings (SSSR count). The minimum absolute atomic E-state index is 0.213. The van der Waals surface area contributed by atoms with E-state index in [0.29, 0.717) is 6.42 Å². The number of unbranched alkanes of at least 4 members (excludes halogenated alkanes) is 3. The molecular weight excluding hydrogens is 324 g/mol. The van der Waals surface area contributed by atoms with E-state index in [1.165, 1.54) is 0 Å². The quantitative estimate of drug-likeness (QED) is 0.571. The maximum Gasteiger partial charge on any atom is 0.217 e. The number of primary amides is 1. The lowest BCUT2D eigenvalue weighted by Gasteiger charge is -2.02. The van der Waals surface area contributed by atoms with Crippen molar-refractivity contribution in [1.82, 2.24) is 15.0 Å². The smallest absolute Gasteiger partial charge is 0.217 e. The van der Waals surface area contributed by atoms with Crippen LogP contribution in [0.4, 0.5) is 0 Å². The van der Waals surface area contributed by atoms with Crippen molar-refractivity contribution in [2.24, 2.45) is 5.73 Å². The van der Waals surface area contributed by atoms with Gasteiger partial charge in [0.2, 0.25) is 5.91 Å². The van der Waals surface area contributed by atoms with Crippen LogP contribution in [-0.2, 0) is 11.2 Å². The van der Waals surface area contributed by atoms with Crippen LogP contribution in [0.2, 0.25) is 0 Å². The number of aromatic amines is 1. The Balaban J connectivity index is 1.52. The van der Waals surface area contributed by atoms with Crippen LogP contribution in [0.1, 0.15) is 37.9 Å². The largest absolute Gasteiger partial charge is 0.370 e. The third-order valence-electron chi connectivity index (χ3n) is 4.37. The summed E-state index contributed by atoms with van der Waals surface area (Å²) in [7, 11) is 0. The molecule has 0 spiro atoms. The van der Waals surface area contributed by atoms with Gasteiger partial charge in [-0.25, -0.2) is 4.98 Å². The molecule has 0 fully saturated rings. The number of aryl methyl sites for hydroxylation is 1. The number of benzene rings is 1. The van der Waals surface area contributed by atoms with Crippen molar-refractivity contribution < 1.29 is 4.79 Å². The van der Waals surface area contributed by atoms with Crippen molar-refractivity contribution in [3.63, 3.8) is 0 Å². The number of amides is 1. The summed E-state index contributed by atoms with van der Waals surface area (Å²) in [4.78, 5) is 22.9. The lowest BCUT2D eigenvalue weighted by molar-refractivity contribution is -0.118. The molecule has 134 valence electrons. The lowest BCUT2D eigenvalue weighted by Crippen LogP contribution is -2.09. The van der Waals surface area contributed by atoms with Crippen molar-refractivity contribution in [3.8, 4) is 22.5 Å². The topological polar surface area (TPSA) is 84.7 Å². The number of hydrogen-bond acceptors (Lipinski definition) is 3. The molecule has 1 amide bonds. The van der Waals surface area contributed by atoms with Crippen molar-refractivity contribution in [1.29, 1.82) is 0 Å². The SMILES string of the molecule is NC(=O)CCCCCCc1ncc(-c2ccc(-c3ccccn3)cc2)[nH]1. The molecule has 0 aliphatic rings. The molecular formula is C21H24N4O. The summed E-state index contributed by atoms with van der Waals surface area (Å²) in [5.74, 6) is 0.790. The fourth-order valence-corrected chi connectivity index (χ4v) is 2.94. The van der Waals surface area contributed by atoms with Gasteiger partial charge in [0, 0.05) is 24.6 Å². The van der Waals surface area contributed by atoms with E-state index in [4.69, 9.17) is 5.73 Å². The molecule has 2 aromatic heterocycles. The maximum atomic E-state index is 10.7. The Hall–Kier alpha value is -2.95. The first-order valence-electron chi connectivity index (χ1n) is 9.06. The molecule has 3 aromatic rings. The van der Waals surface area contributed by atoms with Gasteiger partial charge in [-0.05, 0) is 30.5 Å². The Morgan fingerprint density at radius 1 is 0.923 bits per heavy atom. The van der Waals surface area contributed by atoms with Crippen LogP contribution in [0.25, 0.3) is 22.5 Å². The predicted molar refractivity (Wildman–Crippen MR) is 103 cm³/mol. The normalized spacial score (nSPS) is 10.8. The number of imidazole rings is 1. The minimum atomic E-state index is -0.213. The summed E-state index contributed by atoms with van der Waals surface area (Å²) in [6.45, 7) is 0. The number of nitrogens with two attached hydrogens (primary N) is 1. The lowest BCUT2D eigenvalue weighted by atomic mass is 10.1. The first-order chi connectivity index (χ1) is 12.7. The molecule has 5 nitrogen and oxygen atoms in total. The van der Waals surface area contributed by atoms with E-state index in [1.54, 1.807) is 6.20 Å². The van der Waals surface area contributed by atoms with E-state index in [9.17, 15) is 4.79 Å². The van der Waals surface area contributed by atoms with Crippen molar-refractivity contribution in [3.05, 3.63) is 60.7 Å². The van der Waals surface area contributed by atoms with Gasteiger partial charge in [-0.1, -0.05) is 43.2 Å². The van der Waals surface area contributed by atoms with Gasteiger partial charge in [-0.15, -0.1) is 0 Å². The second-order valence-electron chi connectivity index (χ2n) is 6.42. The average molecular weight is 348 g/mol. The van der Waals surface area contributed by atoms with Gasteiger partial charge in [-0.2, -0.15) is 0 Å². The van der Waals surface area contributed by atoms with E-state index in [1.807, 2.05) is 24.4 Å². The zero-order chi connectivity index (χ0) is 18.2. The van der Waals surface area contributed by atoms with Gasteiger partial charge in [0.05, 0.1) is 17.6 Å². The fourth-order valence-electron chi connectivity index (χ4n) is 2.94. The highest BCUT2D eigenvalue weighted by molar-refractivity contribution is 5.73. The number of carbonyl (C=O) groups excluding carboxylic acids is 1. The number of hydrogen-bond donors (Lipinski definition) is 2. The number of aromatic nitrogens is 3. The summed E-state index contributed by atoms with van der Waals surface area (Å²) in [5, 5.41) is 0. The minimum Gasteiger partial charge on any atom is -0.370 e. The summed E-state index contributed by atoms with van der Waals surface area (Å²) in [6, 6.07) is 14.3. The average Bonchev–Trinajstić information content (AvgIpc) is 3.14. The Labute approximate surface area is 153 Å². The second kappa shape index (κ2) is 8.94. The molecule has 1 aromatic carbocycles. The first-order valence-corrected chi connectivity index (χ1v) is 9.06. The number of carbonyl (C=O) groups is 1. The summed E-state index contributed by atoms with van der Waals surface area (Å²) in [6.07, 6.45) is 9.15. The molecule has 0 radical (unpaired) electrons. The highest BCUT2D eigenvalue weighted by Crippen LogP contribution is 2.22. The summed E-state index contributed by atoms with van der Waals surface area (Å²) < 4.78 is 0. The Bertz CT molecular complexity index is 825. The van der Waals surface area contributed by atoms with Gasteiger partial charge >= 0.3 is 0 Å². The molecule has 26 heavy (non-hydrogen) atoms. The molecule has 0 saturated carbocycles. The Morgan fingerprint density at radius 3 is 2.42 bits per heavy atom. The molecule has 0 atom stereocenters. The van der Waals surface area contributed by atoms with E-state index in [0.717, 1.165) is 60.4 Å². The first kappa shape index (κ1) is 17.9. The van der Waals surface area contributed by atoms with Gasteiger partial charge in [0.1, 0.15) is 5.82 Å². The van der Waals surface area contributed by atoms with Crippen LogP contribution >= 0.6 is 0 Å². The zero-order valence-corrected chi connectivity index (χ0v) is 14.8. The molecule has 2 heterocycles. The van der Waals surface area contributed by atoms with Gasteiger partial charge in [-0.3, -0.25) is 9.78 Å². The van der Waals surface area contributed by atoms with Gasteiger partial charge in [0.15, 0.2) is 0 Å². The maximum absolute atomic E-state index is 10.7. The van der Waals surface area contributed by atoms with Gasteiger partial charge < -0.3 is 10.7 Å². The monoisotopic (exact) mass is 348 g/mol. The van der Waals surface area contributed by atoms with Crippen LogP contribution < -0.4 is 5.73 Å². The predicted octanol–water partition coefficient (Wildman–Crippen LogP) is 4.12. The van der Waals surface area contributed by atoms with Crippen LogP contribution in [0.3, 0.4) is 0 Å². The van der Waals surface area contributed by atoms with E-state index >= 15 is 0 Å². The van der Waals surface area contributed by atoms with E-state index in [2.05, 4.69) is 39.2 Å². The van der Waals surface area contributed by atoms with Crippen LogP contribution in [0.5, 0.6) is 0 Å². The molecule has 0 aliphatic carbocycles. The fraction of sp³-hybridized carbons (Fsp3) is 0.286. The van der Waals surface area contributed by atoms with Crippen molar-refractivity contribution in [2.45, 2.75) is 38.5 Å². The molecule has 3 N–H and O–H groups in total. The van der Waals surface area contributed by atoms with Crippen LogP contribution in [-0.4, -0.2) is 20.9 Å². The second-order valence-corrected chi connectivity index (χ2v) is 6.42. The Kier molecular flexibility index (Phi) is 6.14. The zero-order valence-electron chi connectivity index (χ0n) is 14.8. The third-order valence-corrected chi connectivity index (χ3v) is 4.37. The summed E-state index contributed by atoms with van der Waals surface area (Å²) in [5.41, 5.74) is 9.36. The number of pyridine rings is 1. The molecule has 0 aliphatic heterocycles.